The first-order valence-corrected chi connectivity index (χ1v) is 9.16. The summed E-state index contributed by atoms with van der Waals surface area (Å²) >= 11 is 5.89. The lowest BCUT2D eigenvalue weighted by Crippen LogP contribution is -2.33. The van der Waals surface area contributed by atoms with Crippen molar-refractivity contribution < 1.29 is 18.3 Å². The molecule has 1 aromatic heterocycles. The number of amides is 1. The zero-order valence-electron chi connectivity index (χ0n) is 15.1. The molecule has 1 saturated carbocycles. The highest BCUT2D eigenvalue weighted by atomic mass is 35.5. The molecule has 1 aliphatic rings. The van der Waals surface area contributed by atoms with Gasteiger partial charge in [0.05, 0.1) is 19.2 Å². The largest absolute Gasteiger partial charge is 0.497 e. The highest BCUT2D eigenvalue weighted by molar-refractivity contribution is 6.30. The standard InChI is InChI=1S/C20H17ClFN3O3/c1-27-15-8-9-16(17(22)10-15)20(26)25(14-6-7-14)11-18-23-24-19(28-18)12-2-4-13(21)5-3-12/h2-5,8-10,14H,6-7,11H2,1H3. The number of halogens is 2. The van der Waals surface area contributed by atoms with Gasteiger partial charge in [-0.05, 0) is 49.2 Å². The number of carbonyl (C=O) groups is 1. The van der Waals surface area contributed by atoms with Crippen LogP contribution < -0.4 is 4.74 Å². The van der Waals surface area contributed by atoms with E-state index in [0.29, 0.717) is 22.6 Å². The summed E-state index contributed by atoms with van der Waals surface area (Å²) in [7, 11) is 1.45. The lowest BCUT2D eigenvalue weighted by molar-refractivity contribution is 0.0709. The summed E-state index contributed by atoms with van der Waals surface area (Å²) in [6.45, 7) is 0.121. The Morgan fingerprint density at radius 2 is 2.00 bits per heavy atom. The van der Waals surface area contributed by atoms with E-state index in [1.165, 1.54) is 19.2 Å². The number of rotatable bonds is 6. The molecule has 0 saturated heterocycles. The Morgan fingerprint density at radius 1 is 1.25 bits per heavy atom. The molecule has 1 fully saturated rings. The van der Waals surface area contributed by atoms with Crippen molar-refractivity contribution in [1.29, 1.82) is 0 Å². The summed E-state index contributed by atoms with van der Waals surface area (Å²) in [5, 5.41) is 8.67. The zero-order valence-corrected chi connectivity index (χ0v) is 15.8. The predicted molar refractivity (Wildman–Crippen MR) is 101 cm³/mol. The highest BCUT2D eigenvalue weighted by Gasteiger charge is 2.35. The maximum absolute atomic E-state index is 14.3. The number of benzene rings is 2. The minimum atomic E-state index is -0.623. The monoisotopic (exact) mass is 401 g/mol. The van der Waals surface area contributed by atoms with E-state index >= 15 is 0 Å². The van der Waals surface area contributed by atoms with E-state index in [-0.39, 0.29) is 18.2 Å². The fourth-order valence-corrected chi connectivity index (χ4v) is 3.00. The van der Waals surface area contributed by atoms with Gasteiger partial charge in [-0.25, -0.2) is 4.39 Å². The van der Waals surface area contributed by atoms with Gasteiger partial charge in [-0.3, -0.25) is 4.79 Å². The van der Waals surface area contributed by atoms with Gasteiger partial charge in [-0.15, -0.1) is 10.2 Å². The molecule has 1 heterocycles. The number of aromatic nitrogens is 2. The van der Waals surface area contributed by atoms with Gasteiger partial charge in [-0.2, -0.15) is 0 Å². The first-order valence-electron chi connectivity index (χ1n) is 8.78. The third-order valence-corrected chi connectivity index (χ3v) is 4.77. The topological polar surface area (TPSA) is 68.5 Å². The summed E-state index contributed by atoms with van der Waals surface area (Å²) in [6, 6.07) is 11.2. The number of methoxy groups -OCH3 is 1. The van der Waals surface area contributed by atoms with E-state index < -0.39 is 11.7 Å². The molecule has 0 N–H and O–H groups in total. The van der Waals surface area contributed by atoms with Gasteiger partial charge < -0.3 is 14.1 Å². The maximum atomic E-state index is 14.3. The molecule has 28 heavy (non-hydrogen) atoms. The summed E-state index contributed by atoms with van der Waals surface area (Å²) in [5.41, 5.74) is 0.721. The third kappa shape index (κ3) is 3.84. The van der Waals surface area contributed by atoms with Gasteiger partial charge in [0.15, 0.2) is 0 Å². The fraction of sp³-hybridized carbons (Fsp3) is 0.250. The van der Waals surface area contributed by atoms with Crippen molar-refractivity contribution in [3.63, 3.8) is 0 Å². The molecule has 8 heteroatoms. The predicted octanol–water partition coefficient (Wildman–Crippen LogP) is 4.34. The Kier molecular flexibility index (Phi) is 5.00. The first-order chi connectivity index (χ1) is 13.5. The van der Waals surface area contributed by atoms with Crippen LogP contribution in [-0.4, -0.2) is 34.2 Å². The number of hydrogen-bond donors (Lipinski definition) is 0. The van der Waals surface area contributed by atoms with E-state index in [4.69, 9.17) is 20.8 Å². The van der Waals surface area contributed by atoms with Crippen LogP contribution >= 0.6 is 11.6 Å². The van der Waals surface area contributed by atoms with Crippen LogP contribution in [0.5, 0.6) is 5.75 Å². The zero-order chi connectivity index (χ0) is 19.7. The van der Waals surface area contributed by atoms with E-state index in [2.05, 4.69) is 10.2 Å². The Bertz CT molecular complexity index is 1000. The smallest absolute Gasteiger partial charge is 0.257 e. The van der Waals surface area contributed by atoms with Crippen LogP contribution in [0.15, 0.2) is 46.9 Å². The molecule has 144 valence electrons. The summed E-state index contributed by atoms with van der Waals surface area (Å²) in [5.74, 6) is -0.0441. The fourth-order valence-electron chi connectivity index (χ4n) is 2.88. The molecule has 0 atom stereocenters. The molecule has 0 radical (unpaired) electrons. The van der Waals surface area contributed by atoms with Gasteiger partial charge in [-0.1, -0.05) is 11.6 Å². The molecular formula is C20H17ClFN3O3. The van der Waals surface area contributed by atoms with Crippen LogP contribution in [0.2, 0.25) is 5.02 Å². The van der Waals surface area contributed by atoms with Crippen molar-refractivity contribution in [3.8, 4) is 17.2 Å². The van der Waals surface area contributed by atoms with Gasteiger partial charge in [0.2, 0.25) is 11.8 Å². The minimum Gasteiger partial charge on any atom is -0.497 e. The molecule has 0 unspecified atom stereocenters. The van der Waals surface area contributed by atoms with Gasteiger partial charge in [0.1, 0.15) is 11.6 Å². The highest BCUT2D eigenvalue weighted by Crippen LogP contribution is 2.31. The molecule has 0 aliphatic heterocycles. The molecule has 4 rings (SSSR count). The first kappa shape index (κ1) is 18.4. The second kappa shape index (κ2) is 7.59. The van der Waals surface area contributed by atoms with Crippen molar-refractivity contribution >= 4 is 17.5 Å². The molecule has 1 aliphatic carbocycles. The maximum Gasteiger partial charge on any atom is 0.257 e. The second-order valence-corrected chi connectivity index (χ2v) is 6.95. The molecule has 3 aromatic rings. The Hall–Kier alpha value is -2.93. The van der Waals surface area contributed by atoms with E-state index in [1.54, 1.807) is 35.2 Å². The van der Waals surface area contributed by atoms with Crippen LogP contribution in [-0.2, 0) is 6.54 Å². The normalized spacial score (nSPS) is 13.4. The minimum absolute atomic E-state index is 0.00913. The molecule has 2 aromatic carbocycles. The van der Waals surface area contributed by atoms with Crippen molar-refractivity contribution in [2.75, 3.05) is 7.11 Å². The van der Waals surface area contributed by atoms with Crippen LogP contribution in [0, 0.1) is 5.82 Å². The second-order valence-electron chi connectivity index (χ2n) is 6.52. The summed E-state index contributed by atoms with van der Waals surface area (Å²) in [4.78, 5) is 14.5. The van der Waals surface area contributed by atoms with Gasteiger partial charge >= 0.3 is 0 Å². The summed E-state index contributed by atoms with van der Waals surface area (Å²) in [6.07, 6.45) is 1.73. The van der Waals surface area contributed by atoms with Crippen molar-refractivity contribution in [3.05, 3.63) is 64.8 Å². The molecule has 6 nitrogen and oxygen atoms in total. The Balaban J connectivity index is 1.55. The SMILES string of the molecule is COc1ccc(C(=O)N(Cc2nnc(-c3ccc(Cl)cc3)o2)C2CC2)c(F)c1. The lowest BCUT2D eigenvalue weighted by Gasteiger charge is -2.21. The number of nitrogens with zero attached hydrogens (tertiary/aromatic N) is 3. The van der Waals surface area contributed by atoms with Crippen LogP contribution in [0.1, 0.15) is 29.1 Å². The van der Waals surface area contributed by atoms with Crippen molar-refractivity contribution in [2.45, 2.75) is 25.4 Å². The average Bonchev–Trinajstić information content (AvgIpc) is 3.44. The van der Waals surface area contributed by atoms with Crippen molar-refractivity contribution in [2.24, 2.45) is 0 Å². The van der Waals surface area contributed by atoms with E-state index in [9.17, 15) is 9.18 Å². The van der Waals surface area contributed by atoms with E-state index in [0.717, 1.165) is 18.4 Å². The van der Waals surface area contributed by atoms with Crippen LogP contribution in [0.4, 0.5) is 4.39 Å². The molecular weight excluding hydrogens is 385 g/mol. The molecule has 1 amide bonds. The summed E-state index contributed by atoms with van der Waals surface area (Å²) < 4.78 is 25.0. The number of hydrogen-bond acceptors (Lipinski definition) is 5. The number of ether oxygens (including phenoxy) is 1. The number of carbonyl (C=O) groups excluding carboxylic acids is 1. The molecule has 0 spiro atoms. The van der Waals surface area contributed by atoms with Gasteiger partial charge in [0.25, 0.3) is 5.91 Å². The molecule has 0 bridgehead atoms. The van der Waals surface area contributed by atoms with Crippen molar-refractivity contribution in [1.82, 2.24) is 15.1 Å². The van der Waals surface area contributed by atoms with Gasteiger partial charge in [0, 0.05) is 22.7 Å². The van der Waals surface area contributed by atoms with E-state index in [1.807, 2.05) is 0 Å². The van der Waals surface area contributed by atoms with Crippen LogP contribution in [0.25, 0.3) is 11.5 Å². The lowest BCUT2D eigenvalue weighted by atomic mass is 10.1. The average molecular weight is 402 g/mol. The quantitative estimate of drug-likeness (QED) is 0.614. The van der Waals surface area contributed by atoms with Crippen LogP contribution in [0.3, 0.4) is 0 Å². The Labute approximate surface area is 165 Å². The third-order valence-electron chi connectivity index (χ3n) is 4.52. The Morgan fingerprint density at radius 3 is 2.64 bits per heavy atom.